The Morgan fingerprint density at radius 1 is 1.50 bits per heavy atom. The Bertz CT molecular complexity index is 553. The van der Waals surface area contributed by atoms with E-state index in [0.29, 0.717) is 10.6 Å². The van der Waals surface area contributed by atoms with Crippen molar-refractivity contribution in [3.8, 4) is 11.3 Å². The van der Waals surface area contributed by atoms with E-state index in [4.69, 9.17) is 17.3 Å². The van der Waals surface area contributed by atoms with E-state index >= 15 is 0 Å². The van der Waals surface area contributed by atoms with Gasteiger partial charge in [-0.05, 0) is 34.1 Å². The molecule has 16 heavy (non-hydrogen) atoms. The number of benzene rings is 1. The topological polar surface area (TPSA) is 43.8 Å². The molecule has 0 amide bonds. The van der Waals surface area contributed by atoms with E-state index in [2.05, 4.69) is 20.9 Å². The van der Waals surface area contributed by atoms with Crippen LogP contribution in [-0.4, -0.2) is 9.55 Å². The van der Waals surface area contributed by atoms with Gasteiger partial charge in [0.2, 0.25) is 5.95 Å². The number of anilines is 1. The van der Waals surface area contributed by atoms with Crippen LogP contribution in [0, 0.1) is 5.82 Å². The predicted molar refractivity (Wildman–Crippen MR) is 65.7 cm³/mol. The van der Waals surface area contributed by atoms with Crippen LogP contribution in [0.5, 0.6) is 0 Å². The summed E-state index contributed by atoms with van der Waals surface area (Å²) in [7, 11) is 1.78. The maximum atomic E-state index is 13.0. The molecule has 1 aromatic carbocycles. The Balaban J connectivity index is 2.63. The van der Waals surface area contributed by atoms with E-state index in [1.807, 2.05) is 0 Å². The Hall–Kier alpha value is -1.07. The molecular weight excluding hydrogens is 296 g/mol. The molecule has 0 unspecified atom stereocenters. The Morgan fingerprint density at radius 2 is 2.19 bits per heavy atom. The first kappa shape index (κ1) is 11.4. The highest BCUT2D eigenvalue weighted by Gasteiger charge is 2.13. The van der Waals surface area contributed by atoms with Crippen molar-refractivity contribution < 1.29 is 4.39 Å². The van der Waals surface area contributed by atoms with Crippen molar-refractivity contribution in [2.45, 2.75) is 0 Å². The summed E-state index contributed by atoms with van der Waals surface area (Å²) < 4.78 is 15.3. The lowest BCUT2D eigenvalue weighted by Gasteiger charge is -2.05. The minimum absolute atomic E-state index is 0.0733. The van der Waals surface area contributed by atoms with Crippen molar-refractivity contribution in [3.05, 3.63) is 33.6 Å². The first-order valence-electron chi connectivity index (χ1n) is 4.44. The molecule has 0 atom stereocenters. The van der Waals surface area contributed by atoms with Gasteiger partial charge in [0.1, 0.15) is 10.4 Å². The van der Waals surface area contributed by atoms with Crippen LogP contribution in [0.15, 0.2) is 22.8 Å². The average molecular weight is 305 g/mol. The van der Waals surface area contributed by atoms with Gasteiger partial charge in [0.25, 0.3) is 0 Å². The number of nitrogens with two attached hydrogens (primary N) is 1. The zero-order chi connectivity index (χ0) is 11.9. The average Bonchev–Trinajstić information content (AvgIpc) is 2.47. The second-order valence-electron chi connectivity index (χ2n) is 3.30. The van der Waals surface area contributed by atoms with Gasteiger partial charge in [-0.3, -0.25) is 0 Å². The SMILES string of the molecule is Cn1c(N)nc(Br)c1-c1ccc(F)c(Cl)c1. The summed E-state index contributed by atoms with van der Waals surface area (Å²) in [4.78, 5) is 4.06. The largest absolute Gasteiger partial charge is 0.369 e. The number of nitrogens with zero attached hydrogens (tertiary/aromatic N) is 2. The molecule has 0 radical (unpaired) electrons. The van der Waals surface area contributed by atoms with E-state index in [0.717, 1.165) is 11.3 Å². The zero-order valence-corrected chi connectivity index (χ0v) is 10.7. The van der Waals surface area contributed by atoms with Crippen LogP contribution in [-0.2, 0) is 7.05 Å². The van der Waals surface area contributed by atoms with Crippen LogP contribution in [0.25, 0.3) is 11.3 Å². The fourth-order valence-electron chi connectivity index (χ4n) is 1.44. The molecule has 0 aliphatic heterocycles. The summed E-state index contributed by atoms with van der Waals surface area (Å²) in [6, 6.07) is 4.48. The summed E-state index contributed by atoms with van der Waals surface area (Å²) in [6.07, 6.45) is 0. The van der Waals surface area contributed by atoms with Gasteiger partial charge in [-0.15, -0.1) is 0 Å². The highest BCUT2D eigenvalue weighted by Crippen LogP contribution is 2.31. The molecule has 0 bridgehead atoms. The third-order valence-corrected chi connectivity index (χ3v) is 3.12. The minimum Gasteiger partial charge on any atom is -0.369 e. The van der Waals surface area contributed by atoms with E-state index in [1.165, 1.54) is 12.1 Å². The minimum atomic E-state index is -0.448. The van der Waals surface area contributed by atoms with Crippen LogP contribution in [0.3, 0.4) is 0 Å². The van der Waals surface area contributed by atoms with Crippen molar-refractivity contribution in [1.82, 2.24) is 9.55 Å². The molecular formula is C10H8BrClFN3. The molecule has 0 saturated carbocycles. The standard InChI is InChI=1S/C10H8BrClFN3/c1-16-8(9(11)15-10(16)14)5-2-3-7(13)6(12)4-5/h2-4H,1H3,(H2,14,15). The maximum Gasteiger partial charge on any atom is 0.201 e. The van der Waals surface area contributed by atoms with Gasteiger partial charge >= 0.3 is 0 Å². The lowest BCUT2D eigenvalue weighted by atomic mass is 10.1. The van der Waals surface area contributed by atoms with Gasteiger partial charge in [-0.2, -0.15) is 0 Å². The molecule has 2 rings (SSSR count). The quantitative estimate of drug-likeness (QED) is 0.879. The molecule has 3 nitrogen and oxygen atoms in total. The second-order valence-corrected chi connectivity index (χ2v) is 4.46. The van der Waals surface area contributed by atoms with Crippen molar-refractivity contribution >= 4 is 33.5 Å². The van der Waals surface area contributed by atoms with Crippen molar-refractivity contribution in [3.63, 3.8) is 0 Å². The Labute approximate surface area is 105 Å². The van der Waals surface area contributed by atoms with Crippen LogP contribution in [0.1, 0.15) is 0 Å². The smallest absolute Gasteiger partial charge is 0.201 e. The van der Waals surface area contributed by atoms with E-state index in [9.17, 15) is 4.39 Å². The normalized spacial score (nSPS) is 10.8. The Kier molecular flexibility index (Phi) is 2.90. The Morgan fingerprint density at radius 3 is 2.69 bits per heavy atom. The molecule has 1 aromatic heterocycles. The summed E-state index contributed by atoms with van der Waals surface area (Å²) >= 11 is 9.02. The summed E-state index contributed by atoms with van der Waals surface area (Å²) in [5.74, 6) is -0.0704. The number of aromatic nitrogens is 2. The molecule has 6 heteroatoms. The molecule has 84 valence electrons. The van der Waals surface area contributed by atoms with Crippen LogP contribution >= 0.6 is 27.5 Å². The lowest BCUT2D eigenvalue weighted by Crippen LogP contribution is -1.98. The fourth-order valence-corrected chi connectivity index (χ4v) is 2.29. The number of hydrogen-bond donors (Lipinski definition) is 1. The zero-order valence-electron chi connectivity index (χ0n) is 8.34. The molecule has 2 aromatic rings. The van der Waals surface area contributed by atoms with E-state index in [-0.39, 0.29) is 5.02 Å². The fraction of sp³-hybridized carbons (Fsp3) is 0.100. The highest BCUT2D eigenvalue weighted by atomic mass is 79.9. The lowest BCUT2D eigenvalue weighted by molar-refractivity contribution is 0.628. The first-order valence-corrected chi connectivity index (χ1v) is 5.61. The molecule has 0 spiro atoms. The molecule has 0 fully saturated rings. The van der Waals surface area contributed by atoms with Crippen LogP contribution in [0.4, 0.5) is 10.3 Å². The van der Waals surface area contributed by atoms with Gasteiger partial charge in [0, 0.05) is 12.6 Å². The van der Waals surface area contributed by atoms with Crippen molar-refractivity contribution in [1.29, 1.82) is 0 Å². The summed E-state index contributed by atoms with van der Waals surface area (Å²) in [5, 5.41) is 0.0733. The maximum absolute atomic E-state index is 13.0. The number of imidazole rings is 1. The van der Waals surface area contributed by atoms with Gasteiger partial charge in [0.15, 0.2) is 0 Å². The highest BCUT2D eigenvalue weighted by molar-refractivity contribution is 9.10. The van der Waals surface area contributed by atoms with Gasteiger partial charge in [-0.1, -0.05) is 11.6 Å². The van der Waals surface area contributed by atoms with Gasteiger partial charge in [0.05, 0.1) is 10.7 Å². The van der Waals surface area contributed by atoms with E-state index in [1.54, 1.807) is 17.7 Å². The number of halogens is 3. The monoisotopic (exact) mass is 303 g/mol. The molecule has 2 N–H and O–H groups in total. The molecule has 1 heterocycles. The van der Waals surface area contributed by atoms with Crippen LogP contribution in [0.2, 0.25) is 5.02 Å². The van der Waals surface area contributed by atoms with Gasteiger partial charge < -0.3 is 10.3 Å². The summed E-state index contributed by atoms with van der Waals surface area (Å²) in [5.41, 5.74) is 7.18. The molecule has 0 aliphatic carbocycles. The summed E-state index contributed by atoms with van der Waals surface area (Å²) in [6.45, 7) is 0. The van der Waals surface area contributed by atoms with Gasteiger partial charge in [-0.25, -0.2) is 9.37 Å². The number of nitrogen functional groups attached to an aromatic ring is 1. The third kappa shape index (κ3) is 1.81. The second kappa shape index (κ2) is 4.07. The van der Waals surface area contributed by atoms with Crippen LogP contribution < -0.4 is 5.73 Å². The third-order valence-electron chi connectivity index (χ3n) is 2.28. The van der Waals surface area contributed by atoms with Crippen molar-refractivity contribution in [2.75, 3.05) is 5.73 Å². The van der Waals surface area contributed by atoms with Crippen molar-refractivity contribution in [2.24, 2.45) is 7.05 Å². The van der Waals surface area contributed by atoms with E-state index < -0.39 is 5.82 Å². The predicted octanol–water partition coefficient (Wildman–Crippen LogP) is 3.22. The number of hydrogen-bond acceptors (Lipinski definition) is 2. The molecule has 0 saturated heterocycles. The number of rotatable bonds is 1. The first-order chi connectivity index (χ1) is 7.50. The molecule has 0 aliphatic rings.